The van der Waals surface area contributed by atoms with E-state index in [0.29, 0.717) is 22.0 Å². The number of anilines is 1. The molecule has 4 aliphatic rings. The molecule has 2 N–H and O–H groups in total. The number of carbonyl (C=O) groups excluding carboxylic acids is 1. The zero-order valence-electron chi connectivity index (χ0n) is 19.6. The third-order valence-electron chi connectivity index (χ3n) is 7.78. The van der Waals surface area contributed by atoms with Gasteiger partial charge in [0, 0.05) is 38.1 Å². The van der Waals surface area contributed by atoms with Crippen LogP contribution in [-0.4, -0.2) is 55.6 Å². The van der Waals surface area contributed by atoms with Gasteiger partial charge >= 0.3 is 0 Å². The molecule has 2 aliphatic carbocycles. The highest BCUT2D eigenvalue weighted by Gasteiger charge is 2.30. The Bertz CT molecular complexity index is 975. The number of piperazine rings is 1. The molecule has 2 unspecified atom stereocenters. The van der Waals surface area contributed by atoms with E-state index in [1.165, 1.54) is 19.3 Å². The SMILES string of the molecule is O=C(NC1CCC(CCN2CCN(c3cccc(Cl)c3Cl)CC2)CC1)C1=CC2C=CC=CC2N1. The molecule has 1 saturated carbocycles. The summed E-state index contributed by atoms with van der Waals surface area (Å²) >= 11 is 12.6. The molecule has 1 aromatic rings. The van der Waals surface area contributed by atoms with Crippen LogP contribution in [0.4, 0.5) is 5.69 Å². The summed E-state index contributed by atoms with van der Waals surface area (Å²) in [6.07, 6.45) is 16.2. The largest absolute Gasteiger partial charge is 0.374 e. The van der Waals surface area contributed by atoms with Crippen molar-refractivity contribution in [3.63, 3.8) is 0 Å². The van der Waals surface area contributed by atoms with Crippen LogP contribution < -0.4 is 15.5 Å². The van der Waals surface area contributed by atoms with Crippen LogP contribution in [0.3, 0.4) is 0 Å². The quantitative estimate of drug-likeness (QED) is 0.589. The molecule has 1 aromatic carbocycles. The van der Waals surface area contributed by atoms with Crippen molar-refractivity contribution >= 4 is 34.8 Å². The summed E-state index contributed by atoms with van der Waals surface area (Å²) in [5, 5.41) is 7.91. The highest BCUT2D eigenvalue weighted by molar-refractivity contribution is 6.43. The third kappa shape index (κ3) is 5.48. The zero-order valence-corrected chi connectivity index (χ0v) is 21.1. The highest BCUT2D eigenvalue weighted by Crippen LogP contribution is 2.33. The van der Waals surface area contributed by atoms with Crippen LogP contribution in [0.1, 0.15) is 32.1 Å². The maximum absolute atomic E-state index is 12.7. The molecule has 0 aromatic heterocycles. The Balaban J connectivity index is 1.00. The minimum atomic E-state index is 0.0531. The van der Waals surface area contributed by atoms with E-state index in [1.807, 2.05) is 18.2 Å². The molecule has 182 valence electrons. The fourth-order valence-electron chi connectivity index (χ4n) is 5.66. The van der Waals surface area contributed by atoms with E-state index >= 15 is 0 Å². The minimum Gasteiger partial charge on any atom is -0.374 e. The second-order valence-electron chi connectivity index (χ2n) is 9.98. The molecular formula is C27H34Cl2N4O. The summed E-state index contributed by atoms with van der Waals surface area (Å²) < 4.78 is 0. The van der Waals surface area contributed by atoms with Crippen molar-refractivity contribution in [3.8, 4) is 0 Å². The van der Waals surface area contributed by atoms with Crippen LogP contribution in [0.2, 0.25) is 10.0 Å². The Morgan fingerprint density at radius 3 is 2.56 bits per heavy atom. The van der Waals surface area contributed by atoms with Crippen molar-refractivity contribution in [2.75, 3.05) is 37.6 Å². The first-order valence-corrected chi connectivity index (χ1v) is 13.4. The first kappa shape index (κ1) is 23.8. The number of fused-ring (bicyclic) bond motifs is 1. The molecule has 0 spiro atoms. The number of hydrogen-bond donors (Lipinski definition) is 2. The van der Waals surface area contributed by atoms with Crippen LogP contribution in [0, 0.1) is 11.8 Å². The van der Waals surface area contributed by atoms with Gasteiger partial charge in [-0.25, -0.2) is 0 Å². The third-order valence-corrected chi connectivity index (χ3v) is 8.59. The first-order chi connectivity index (χ1) is 16.6. The van der Waals surface area contributed by atoms with Gasteiger partial charge in [0.15, 0.2) is 0 Å². The van der Waals surface area contributed by atoms with Gasteiger partial charge in [0.05, 0.1) is 27.5 Å². The molecule has 2 heterocycles. The fourth-order valence-corrected chi connectivity index (χ4v) is 6.08. The summed E-state index contributed by atoms with van der Waals surface area (Å²) in [4.78, 5) is 17.6. The molecule has 1 saturated heterocycles. The molecule has 34 heavy (non-hydrogen) atoms. The average Bonchev–Trinajstić information content (AvgIpc) is 3.30. The summed E-state index contributed by atoms with van der Waals surface area (Å²) in [5.74, 6) is 1.11. The number of allylic oxidation sites excluding steroid dienone is 2. The summed E-state index contributed by atoms with van der Waals surface area (Å²) in [6, 6.07) is 6.39. The van der Waals surface area contributed by atoms with Crippen molar-refractivity contribution in [1.82, 2.24) is 15.5 Å². The number of benzene rings is 1. The van der Waals surface area contributed by atoms with Crippen molar-refractivity contribution in [2.45, 2.75) is 44.2 Å². The van der Waals surface area contributed by atoms with Gasteiger partial charge in [-0.15, -0.1) is 0 Å². The normalized spacial score (nSPS) is 28.9. The van der Waals surface area contributed by atoms with Crippen LogP contribution in [-0.2, 0) is 4.79 Å². The molecule has 2 atom stereocenters. The lowest BCUT2D eigenvalue weighted by Crippen LogP contribution is -2.47. The monoisotopic (exact) mass is 500 g/mol. The number of nitrogens with one attached hydrogen (secondary N) is 2. The Morgan fingerprint density at radius 1 is 1.03 bits per heavy atom. The molecule has 7 heteroatoms. The smallest absolute Gasteiger partial charge is 0.267 e. The predicted octanol–water partition coefficient (Wildman–Crippen LogP) is 4.78. The van der Waals surface area contributed by atoms with Crippen molar-refractivity contribution in [2.24, 2.45) is 11.8 Å². The van der Waals surface area contributed by atoms with Gasteiger partial charge in [0.1, 0.15) is 0 Å². The van der Waals surface area contributed by atoms with Crippen LogP contribution in [0.5, 0.6) is 0 Å². The standard InChI is InChI=1S/C27H34Cl2N4O/c28-22-5-3-7-25(26(22)29)33-16-14-32(15-17-33)13-12-19-8-10-21(11-9-19)30-27(34)24-18-20-4-1-2-6-23(20)31-24/h1-7,18-21,23,31H,8-17H2,(H,30,34). The van der Waals surface area contributed by atoms with Gasteiger partial charge in [-0.3, -0.25) is 9.69 Å². The molecule has 5 rings (SSSR count). The number of halogens is 2. The van der Waals surface area contributed by atoms with Gasteiger partial charge in [-0.1, -0.05) is 53.6 Å². The maximum atomic E-state index is 12.7. The number of nitrogens with zero attached hydrogens (tertiary/aromatic N) is 2. The van der Waals surface area contributed by atoms with E-state index in [2.05, 4.69) is 50.8 Å². The van der Waals surface area contributed by atoms with E-state index in [1.54, 1.807) is 0 Å². The van der Waals surface area contributed by atoms with Gasteiger partial charge in [-0.2, -0.15) is 0 Å². The van der Waals surface area contributed by atoms with E-state index in [0.717, 1.165) is 62.9 Å². The van der Waals surface area contributed by atoms with Gasteiger partial charge in [-0.05, 0) is 62.8 Å². The van der Waals surface area contributed by atoms with E-state index < -0.39 is 0 Å². The number of hydrogen-bond acceptors (Lipinski definition) is 4. The molecule has 0 radical (unpaired) electrons. The second kappa shape index (κ2) is 10.8. The van der Waals surface area contributed by atoms with Crippen LogP contribution in [0.15, 0.2) is 54.3 Å². The number of carbonyl (C=O) groups is 1. The van der Waals surface area contributed by atoms with Crippen molar-refractivity contribution < 1.29 is 4.79 Å². The molecule has 1 amide bonds. The molecular weight excluding hydrogens is 467 g/mol. The fraction of sp³-hybridized carbons (Fsp3) is 0.519. The lowest BCUT2D eigenvalue weighted by Gasteiger charge is -2.37. The molecule has 2 fully saturated rings. The van der Waals surface area contributed by atoms with E-state index in [9.17, 15) is 4.79 Å². The summed E-state index contributed by atoms with van der Waals surface area (Å²) in [7, 11) is 0. The highest BCUT2D eigenvalue weighted by atomic mass is 35.5. The van der Waals surface area contributed by atoms with Crippen molar-refractivity contribution in [3.05, 3.63) is 64.3 Å². The lowest BCUT2D eigenvalue weighted by atomic mass is 9.84. The Labute approximate surface area is 212 Å². The van der Waals surface area contributed by atoms with Crippen molar-refractivity contribution in [1.29, 1.82) is 0 Å². The topological polar surface area (TPSA) is 47.6 Å². The van der Waals surface area contributed by atoms with E-state index in [4.69, 9.17) is 23.2 Å². The lowest BCUT2D eigenvalue weighted by molar-refractivity contribution is -0.118. The van der Waals surface area contributed by atoms with Gasteiger partial charge in [0.2, 0.25) is 0 Å². The van der Waals surface area contributed by atoms with Gasteiger partial charge in [0.25, 0.3) is 5.91 Å². The Morgan fingerprint density at radius 2 is 1.79 bits per heavy atom. The minimum absolute atomic E-state index is 0.0531. The van der Waals surface area contributed by atoms with Gasteiger partial charge < -0.3 is 15.5 Å². The number of rotatable bonds is 6. The molecule has 5 nitrogen and oxygen atoms in total. The van der Waals surface area contributed by atoms with E-state index in [-0.39, 0.29) is 11.9 Å². The Hall–Kier alpha value is -1.95. The van der Waals surface area contributed by atoms with Crippen LogP contribution in [0.25, 0.3) is 0 Å². The summed E-state index contributed by atoms with van der Waals surface area (Å²) in [6.45, 7) is 5.23. The molecule has 2 aliphatic heterocycles. The first-order valence-electron chi connectivity index (χ1n) is 12.6. The second-order valence-corrected chi connectivity index (χ2v) is 10.8. The van der Waals surface area contributed by atoms with Crippen LogP contribution >= 0.6 is 23.2 Å². The summed E-state index contributed by atoms with van der Waals surface area (Å²) in [5.41, 5.74) is 1.77. The Kier molecular flexibility index (Phi) is 7.52. The predicted molar refractivity (Wildman–Crippen MR) is 140 cm³/mol. The molecule has 0 bridgehead atoms. The maximum Gasteiger partial charge on any atom is 0.267 e. The zero-order chi connectivity index (χ0) is 23.5. The average molecular weight is 502 g/mol. The number of amides is 1.